The molecule has 2 rings (SSSR count). The number of hydrogen-bond donors (Lipinski definition) is 1. The predicted molar refractivity (Wildman–Crippen MR) is 67.5 cm³/mol. The molecule has 2 aromatic rings. The van der Waals surface area contributed by atoms with Crippen LogP contribution in [0, 0.1) is 0 Å². The molecule has 0 saturated carbocycles. The molecule has 1 atom stereocenters. The van der Waals surface area contributed by atoms with Crippen molar-refractivity contribution in [2.75, 3.05) is 0 Å². The zero-order valence-corrected chi connectivity index (χ0v) is 10.3. The van der Waals surface area contributed by atoms with Gasteiger partial charge in [-0.3, -0.25) is 0 Å². The van der Waals surface area contributed by atoms with Crippen LogP contribution in [0.3, 0.4) is 0 Å². The fraction of sp³-hybridized carbons (Fsp3) is 0.417. The highest BCUT2D eigenvalue weighted by atomic mass is 32.1. The number of aromatic nitrogens is 2. The number of rotatable bonds is 5. The molecule has 0 aliphatic carbocycles. The van der Waals surface area contributed by atoms with Crippen molar-refractivity contribution in [2.45, 2.75) is 32.4 Å². The number of nitrogens with zero attached hydrogens (tertiary/aromatic N) is 2. The van der Waals surface area contributed by atoms with Crippen LogP contribution in [0.5, 0.6) is 0 Å². The average molecular weight is 235 g/mol. The first-order valence-electron chi connectivity index (χ1n) is 5.58. The molecule has 2 N–H and O–H groups in total. The van der Waals surface area contributed by atoms with Crippen molar-refractivity contribution in [1.29, 1.82) is 0 Å². The van der Waals surface area contributed by atoms with Crippen LogP contribution in [0.2, 0.25) is 0 Å². The molecule has 2 aromatic heterocycles. The minimum absolute atomic E-state index is 0.168. The molecular formula is C12H17N3S. The van der Waals surface area contributed by atoms with Crippen molar-refractivity contribution in [3.63, 3.8) is 0 Å². The van der Waals surface area contributed by atoms with Gasteiger partial charge in [0.1, 0.15) is 0 Å². The molecule has 86 valence electrons. The molecule has 16 heavy (non-hydrogen) atoms. The maximum atomic E-state index is 6.07. The highest BCUT2D eigenvalue weighted by Crippen LogP contribution is 2.16. The van der Waals surface area contributed by atoms with Gasteiger partial charge in [0.2, 0.25) is 0 Å². The molecule has 0 radical (unpaired) electrons. The number of hydrogen-bond acceptors (Lipinski definition) is 3. The summed E-state index contributed by atoms with van der Waals surface area (Å²) < 4.78 is 2.14. The maximum Gasteiger partial charge on any atom is 0.0795 e. The van der Waals surface area contributed by atoms with Crippen molar-refractivity contribution in [3.05, 3.63) is 40.6 Å². The zero-order valence-electron chi connectivity index (χ0n) is 9.47. The molecule has 0 aliphatic heterocycles. The van der Waals surface area contributed by atoms with Crippen LogP contribution in [-0.2, 0) is 6.54 Å². The molecule has 0 aliphatic rings. The smallest absolute Gasteiger partial charge is 0.0795 e. The van der Waals surface area contributed by atoms with Crippen molar-refractivity contribution in [1.82, 2.24) is 9.55 Å². The van der Waals surface area contributed by atoms with E-state index < -0.39 is 0 Å². The van der Waals surface area contributed by atoms with Gasteiger partial charge in [-0.05, 0) is 18.1 Å². The summed E-state index contributed by atoms with van der Waals surface area (Å²) >= 11 is 1.63. The van der Waals surface area contributed by atoms with Gasteiger partial charge < -0.3 is 10.3 Å². The number of thiazole rings is 1. The summed E-state index contributed by atoms with van der Waals surface area (Å²) in [5.74, 6) is 0. The second-order valence-corrected chi connectivity index (χ2v) is 4.71. The second kappa shape index (κ2) is 5.27. The summed E-state index contributed by atoms with van der Waals surface area (Å²) in [4.78, 5) is 4.27. The third kappa shape index (κ3) is 2.71. The highest BCUT2D eigenvalue weighted by molar-refractivity contribution is 7.07. The largest absolute Gasteiger partial charge is 0.348 e. The third-order valence-electron chi connectivity index (χ3n) is 2.63. The molecular weight excluding hydrogens is 218 g/mol. The molecule has 3 nitrogen and oxygen atoms in total. The van der Waals surface area contributed by atoms with E-state index in [0.29, 0.717) is 0 Å². The van der Waals surface area contributed by atoms with Gasteiger partial charge in [0.25, 0.3) is 0 Å². The van der Waals surface area contributed by atoms with Gasteiger partial charge in [0, 0.05) is 23.8 Å². The lowest BCUT2D eigenvalue weighted by Gasteiger charge is -2.07. The van der Waals surface area contributed by atoms with E-state index in [1.54, 1.807) is 11.3 Å². The van der Waals surface area contributed by atoms with E-state index in [2.05, 4.69) is 40.3 Å². The predicted octanol–water partition coefficient (Wildman–Crippen LogP) is 2.79. The maximum absolute atomic E-state index is 6.07. The lowest BCUT2D eigenvalue weighted by Crippen LogP contribution is -2.08. The Hall–Kier alpha value is -1.13. The van der Waals surface area contributed by atoms with Crippen LogP contribution >= 0.6 is 11.3 Å². The molecule has 0 fully saturated rings. The summed E-state index contributed by atoms with van der Waals surface area (Å²) in [7, 11) is 0. The summed E-state index contributed by atoms with van der Waals surface area (Å²) in [5.41, 5.74) is 10.3. The Bertz CT molecular complexity index is 419. The average Bonchev–Trinajstić information content (AvgIpc) is 2.90. The summed E-state index contributed by atoms with van der Waals surface area (Å²) in [5, 5.41) is 2.08. The topological polar surface area (TPSA) is 43.8 Å². The van der Waals surface area contributed by atoms with Gasteiger partial charge in [-0.1, -0.05) is 13.3 Å². The Labute approximate surface area is 99.9 Å². The van der Waals surface area contributed by atoms with Gasteiger partial charge in [-0.15, -0.1) is 11.3 Å². The first kappa shape index (κ1) is 11.4. The van der Waals surface area contributed by atoms with Crippen molar-refractivity contribution < 1.29 is 0 Å². The zero-order chi connectivity index (χ0) is 11.4. The van der Waals surface area contributed by atoms with Crippen LogP contribution in [0.1, 0.15) is 37.1 Å². The van der Waals surface area contributed by atoms with E-state index in [1.807, 2.05) is 5.51 Å². The number of nitrogens with two attached hydrogens (primary N) is 1. The summed E-state index contributed by atoms with van der Waals surface area (Å²) in [6.07, 6.45) is 6.36. The molecule has 0 amide bonds. The van der Waals surface area contributed by atoms with Gasteiger partial charge >= 0.3 is 0 Å². The minimum atomic E-state index is 0.168. The molecule has 2 heterocycles. The molecule has 0 spiro atoms. The molecule has 4 heteroatoms. The van der Waals surface area contributed by atoms with E-state index in [-0.39, 0.29) is 6.04 Å². The minimum Gasteiger partial charge on any atom is -0.348 e. The van der Waals surface area contributed by atoms with Crippen molar-refractivity contribution >= 4 is 11.3 Å². The fourth-order valence-electron chi connectivity index (χ4n) is 1.76. The lowest BCUT2D eigenvalue weighted by atomic mass is 10.1. The van der Waals surface area contributed by atoms with Gasteiger partial charge in [-0.2, -0.15) is 0 Å². The second-order valence-electron chi connectivity index (χ2n) is 3.99. The van der Waals surface area contributed by atoms with Gasteiger partial charge in [0.05, 0.1) is 17.7 Å². The Kier molecular flexibility index (Phi) is 3.74. The summed E-state index contributed by atoms with van der Waals surface area (Å²) in [6, 6.07) is 2.27. The van der Waals surface area contributed by atoms with E-state index in [9.17, 15) is 0 Å². The van der Waals surface area contributed by atoms with E-state index >= 15 is 0 Å². The molecule has 1 unspecified atom stereocenters. The van der Waals surface area contributed by atoms with Gasteiger partial charge in [-0.25, -0.2) is 4.98 Å². The monoisotopic (exact) mass is 235 g/mol. The first-order chi connectivity index (χ1) is 7.79. The Morgan fingerprint density at radius 3 is 3.12 bits per heavy atom. The van der Waals surface area contributed by atoms with E-state index in [1.165, 1.54) is 5.56 Å². The summed E-state index contributed by atoms with van der Waals surface area (Å²) in [6.45, 7) is 2.99. The standard InChI is InChI=1S/C12H17N3S/c1-2-3-12(13)10-4-5-15(6-10)7-11-8-16-9-14-11/h4-6,8-9,12H,2-3,7,13H2,1H3. The Balaban J connectivity index is 2.02. The van der Waals surface area contributed by atoms with Crippen molar-refractivity contribution in [2.24, 2.45) is 5.73 Å². The van der Waals surface area contributed by atoms with Crippen LogP contribution in [0.15, 0.2) is 29.4 Å². The molecule has 0 bridgehead atoms. The lowest BCUT2D eigenvalue weighted by molar-refractivity contribution is 0.635. The first-order valence-corrected chi connectivity index (χ1v) is 6.52. The molecule has 0 saturated heterocycles. The van der Waals surface area contributed by atoms with Crippen LogP contribution in [-0.4, -0.2) is 9.55 Å². The van der Waals surface area contributed by atoms with Crippen LogP contribution in [0.4, 0.5) is 0 Å². The third-order valence-corrected chi connectivity index (χ3v) is 3.26. The van der Waals surface area contributed by atoms with Crippen LogP contribution in [0.25, 0.3) is 0 Å². The molecule has 0 aromatic carbocycles. The van der Waals surface area contributed by atoms with Crippen LogP contribution < -0.4 is 5.73 Å². The Morgan fingerprint density at radius 1 is 1.56 bits per heavy atom. The van der Waals surface area contributed by atoms with Gasteiger partial charge in [0.15, 0.2) is 0 Å². The normalized spacial score (nSPS) is 12.9. The van der Waals surface area contributed by atoms with Crippen molar-refractivity contribution in [3.8, 4) is 0 Å². The van der Waals surface area contributed by atoms with E-state index in [4.69, 9.17) is 5.73 Å². The van der Waals surface area contributed by atoms with E-state index in [0.717, 1.165) is 25.1 Å². The SMILES string of the molecule is CCCC(N)c1ccn(Cc2cscn2)c1. The Morgan fingerprint density at radius 2 is 2.44 bits per heavy atom. The quantitative estimate of drug-likeness (QED) is 0.866. The highest BCUT2D eigenvalue weighted by Gasteiger charge is 2.06. The fourth-order valence-corrected chi connectivity index (χ4v) is 2.31.